The lowest BCUT2D eigenvalue weighted by atomic mass is 10.1. The third-order valence-corrected chi connectivity index (χ3v) is 3.39. The predicted octanol–water partition coefficient (Wildman–Crippen LogP) is 2.07. The number of amides is 1. The molecule has 0 spiro atoms. The molecule has 0 aromatic heterocycles. The first-order valence-corrected chi connectivity index (χ1v) is 6.74. The summed E-state index contributed by atoms with van der Waals surface area (Å²) in [6.07, 6.45) is 9.00. The number of anilines is 1. The van der Waals surface area contributed by atoms with Crippen LogP contribution in [0.1, 0.15) is 24.8 Å². The molecule has 1 aromatic rings. The van der Waals surface area contributed by atoms with Crippen LogP contribution < -0.4 is 5.73 Å². The van der Waals surface area contributed by atoms with Gasteiger partial charge in [0.25, 0.3) is 0 Å². The van der Waals surface area contributed by atoms with E-state index in [1.807, 2.05) is 29.2 Å². The van der Waals surface area contributed by atoms with E-state index in [1.165, 1.54) is 12.8 Å². The van der Waals surface area contributed by atoms with Crippen LogP contribution in [-0.4, -0.2) is 23.9 Å². The Balaban J connectivity index is 1.86. The first-order chi connectivity index (χ1) is 9.19. The molecular formula is C16H20N2O. The quantitative estimate of drug-likeness (QED) is 0.625. The second kappa shape index (κ2) is 6.29. The van der Waals surface area contributed by atoms with Crippen LogP contribution in [0.15, 0.2) is 24.3 Å². The molecule has 2 rings (SSSR count). The SMILES string of the molecule is C#CCN(CC1CC1)C(=O)CCc1cccc(N)c1. The first-order valence-electron chi connectivity index (χ1n) is 6.74. The summed E-state index contributed by atoms with van der Waals surface area (Å²) >= 11 is 0. The van der Waals surface area contributed by atoms with Crippen LogP contribution >= 0.6 is 0 Å². The zero-order valence-electron chi connectivity index (χ0n) is 11.1. The number of terminal acetylenes is 1. The number of hydrogen-bond acceptors (Lipinski definition) is 2. The van der Waals surface area contributed by atoms with E-state index in [4.69, 9.17) is 12.2 Å². The van der Waals surface area contributed by atoms with Crippen LogP contribution in [0, 0.1) is 18.3 Å². The number of rotatable bonds is 6. The highest BCUT2D eigenvalue weighted by Gasteiger charge is 2.26. The van der Waals surface area contributed by atoms with Crippen LogP contribution in [0.4, 0.5) is 5.69 Å². The maximum absolute atomic E-state index is 12.2. The highest BCUT2D eigenvalue weighted by atomic mass is 16.2. The fourth-order valence-corrected chi connectivity index (χ4v) is 2.13. The zero-order valence-corrected chi connectivity index (χ0v) is 11.1. The van der Waals surface area contributed by atoms with Gasteiger partial charge in [0, 0.05) is 18.7 Å². The smallest absolute Gasteiger partial charge is 0.223 e. The van der Waals surface area contributed by atoms with E-state index >= 15 is 0 Å². The Bertz CT molecular complexity index is 486. The van der Waals surface area contributed by atoms with Gasteiger partial charge in [0.15, 0.2) is 0 Å². The first kappa shape index (κ1) is 13.5. The fraction of sp³-hybridized carbons (Fsp3) is 0.438. The van der Waals surface area contributed by atoms with Crippen molar-refractivity contribution >= 4 is 11.6 Å². The van der Waals surface area contributed by atoms with E-state index in [0.29, 0.717) is 18.9 Å². The average molecular weight is 256 g/mol. The lowest BCUT2D eigenvalue weighted by Crippen LogP contribution is -2.33. The summed E-state index contributed by atoms with van der Waals surface area (Å²) in [4.78, 5) is 14.0. The molecule has 1 aliphatic rings. The summed E-state index contributed by atoms with van der Waals surface area (Å²) < 4.78 is 0. The monoisotopic (exact) mass is 256 g/mol. The predicted molar refractivity (Wildman–Crippen MR) is 77.3 cm³/mol. The Morgan fingerprint density at radius 1 is 1.47 bits per heavy atom. The number of carbonyl (C=O) groups is 1. The Labute approximate surface area is 114 Å². The third-order valence-electron chi connectivity index (χ3n) is 3.39. The fourth-order valence-electron chi connectivity index (χ4n) is 2.13. The Morgan fingerprint density at radius 2 is 2.26 bits per heavy atom. The molecule has 2 N–H and O–H groups in total. The van der Waals surface area contributed by atoms with Gasteiger partial charge in [-0.25, -0.2) is 0 Å². The van der Waals surface area contributed by atoms with Crippen molar-refractivity contribution in [3.63, 3.8) is 0 Å². The molecule has 1 aromatic carbocycles. The molecule has 0 atom stereocenters. The maximum atomic E-state index is 12.2. The van der Waals surface area contributed by atoms with Gasteiger partial charge in [-0.15, -0.1) is 6.42 Å². The summed E-state index contributed by atoms with van der Waals surface area (Å²) in [5, 5.41) is 0. The molecule has 3 nitrogen and oxygen atoms in total. The summed E-state index contributed by atoms with van der Waals surface area (Å²) in [5.41, 5.74) is 7.56. The molecule has 1 amide bonds. The molecule has 0 aliphatic heterocycles. The summed E-state index contributed by atoms with van der Waals surface area (Å²) in [7, 11) is 0. The van der Waals surface area contributed by atoms with E-state index in [-0.39, 0.29) is 5.91 Å². The Morgan fingerprint density at radius 3 is 2.89 bits per heavy atom. The third kappa shape index (κ3) is 4.33. The van der Waals surface area contributed by atoms with Crippen molar-refractivity contribution < 1.29 is 4.79 Å². The van der Waals surface area contributed by atoms with Crippen LogP contribution in [0.25, 0.3) is 0 Å². The molecule has 1 fully saturated rings. The Hall–Kier alpha value is -1.95. The van der Waals surface area contributed by atoms with Crippen LogP contribution in [-0.2, 0) is 11.2 Å². The minimum Gasteiger partial charge on any atom is -0.399 e. The van der Waals surface area contributed by atoms with Crippen LogP contribution in [0.3, 0.4) is 0 Å². The van der Waals surface area contributed by atoms with E-state index in [0.717, 1.165) is 24.2 Å². The van der Waals surface area contributed by atoms with Crippen molar-refractivity contribution in [2.45, 2.75) is 25.7 Å². The minimum absolute atomic E-state index is 0.146. The Kier molecular flexibility index (Phi) is 4.46. The molecule has 0 saturated heterocycles. The topological polar surface area (TPSA) is 46.3 Å². The number of hydrogen-bond donors (Lipinski definition) is 1. The van der Waals surface area contributed by atoms with E-state index in [2.05, 4.69) is 5.92 Å². The molecule has 0 heterocycles. The van der Waals surface area contributed by atoms with Crippen molar-refractivity contribution in [1.29, 1.82) is 0 Å². The molecule has 0 radical (unpaired) electrons. The van der Waals surface area contributed by atoms with Crippen molar-refractivity contribution in [1.82, 2.24) is 4.90 Å². The number of nitrogens with two attached hydrogens (primary N) is 1. The molecular weight excluding hydrogens is 236 g/mol. The van der Waals surface area contributed by atoms with Crippen LogP contribution in [0.2, 0.25) is 0 Å². The van der Waals surface area contributed by atoms with E-state index < -0.39 is 0 Å². The van der Waals surface area contributed by atoms with Gasteiger partial charge < -0.3 is 10.6 Å². The van der Waals surface area contributed by atoms with Crippen LogP contribution in [0.5, 0.6) is 0 Å². The molecule has 19 heavy (non-hydrogen) atoms. The normalized spacial score (nSPS) is 13.8. The van der Waals surface area contributed by atoms with E-state index in [1.54, 1.807) is 0 Å². The number of nitrogens with zero attached hydrogens (tertiary/aromatic N) is 1. The summed E-state index contributed by atoms with van der Waals surface area (Å²) in [6.45, 7) is 1.24. The van der Waals surface area contributed by atoms with Crippen molar-refractivity contribution in [2.24, 2.45) is 5.92 Å². The number of carbonyl (C=O) groups excluding carboxylic acids is 1. The summed E-state index contributed by atoms with van der Waals surface area (Å²) in [5.74, 6) is 3.39. The molecule has 100 valence electrons. The number of nitrogen functional groups attached to an aromatic ring is 1. The molecule has 1 saturated carbocycles. The van der Waals surface area contributed by atoms with Gasteiger partial charge in [0.1, 0.15) is 0 Å². The largest absolute Gasteiger partial charge is 0.399 e. The lowest BCUT2D eigenvalue weighted by molar-refractivity contribution is -0.130. The minimum atomic E-state index is 0.146. The van der Waals surface area contributed by atoms with Crippen molar-refractivity contribution in [3.05, 3.63) is 29.8 Å². The lowest BCUT2D eigenvalue weighted by Gasteiger charge is -2.20. The van der Waals surface area contributed by atoms with Gasteiger partial charge in [0.05, 0.1) is 6.54 Å². The average Bonchev–Trinajstić information content (AvgIpc) is 3.19. The second-order valence-electron chi connectivity index (χ2n) is 5.17. The number of aryl methyl sites for hydroxylation is 1. The highest BCUT2D eigenvalue weighted by molar-refractivity contribution is 5.76. The summed E-state index contributed by atoms with van der Waals surface area (Å²) in [6, 6.07) is 7.68. The van der Waals surface area contributed by atoms with E-state index in [9.17, 15) is 4.79 Å². The van der Waals surface area contributed by atoms with Gasteiger partial charge in [-0.1, -0.05) is 18.1 Å². The molecule has 1 aliphatic carbocycles. The molecule has 0 bridgehead atoms. The van der Waals surface area contributed by atoms with Crippen molar-refractivity contribution in [3.8, 4) is 12.3 Å². The standard InChI is InChI=1S/C16H20N2O/c1-2-10-18(12-14-6-7-14)16(19)9-8-13-4-3-5-15(17)11-13/h1,3-5,11,14H,6-10,12,17H2. The van der Waals surface area contributed by atoms with Gasteiger partial charge in [-0.2, -0.15) is 0 Å². The highest BCUT2D eigenvalue weighted by Crippen LogP contribution is 2.29. The van der Waals surface area contributed by atoms with Gasteiger partial charge in [-0.05, 0) is 42.9 Å². The zero-order chi connectivity index (χ0) is 13.7. The van der Waals surface area contributed by atoms with Gasteiger partial charge >= 0.3 is 0 Å². The van der Waals surface area contributed by atoms with Gasteiger partial charge in [-0.3, -0.25) is 4.79 Å². The second-order valence-corrected chi connectivity index (χ2v) is 5.17. The molecule has 3 heteroatoms. The number of benzene rings is 1. The van der Waals surface area contributed by atoms with Gasteiger partial charge in [0.2, 0.25) is 5.91 Å². The maximum Gasteiger partial charge on any atom is 0.223 e. The van der Waals surface area contributed by atoms with Crippen molar-refractivity contribution in [2.75, 3.05) is 18.8 Å². The molecule has 0 unspecified atom stereocenters.